The maximum absolute atomic E-state index is 12.4. The molecule has 0 saturated heterocycles. The van der Waals surface area contributed by atoms with Crippen molar-refractivity contribution in [3.05, 3.63) is 54.0 Å². The summed E-state index contributed by atoms with van der Waals surface area (Å²) in [5, 5.41) is 8.12. The number of nitrogens with one attached hydrogen (secondary N) is 1. The van der Waals surface area contributed by atoms with Crippen molar-refractivity contribution in [1.82, 2.24) is 14.8 Å². The number of hydrogen-bond donors (Lipinski definition) is 1. The average molecular weight is 308 g/mol. The maximum Gasteiger partial charge on any atom is 0.246 e. The number of carbonyl (C=O) groups excluding carboxylic acids is 1. The van der Waals surface area contributed by atoms with E-state index in [1.54, 1.807) is 23.1 Å². The maximum atomic E-state index is 12.4. The molecule has 1 aromatic carbocycles. The summed E-state index contributed by atoms with van der Waals surface area (Å²) >= 11 is 0. The van der Waals surface area contributed by atoms with E-state index < -0.39 is 0 Å². The van der Waals surface area contributed by atoms with E-state index in [9.17, 15) is 4.79 Å². The van der Waals surface area contributed by atoms with E-state index in [4.69, 9.17) is 0 Å². The van der Waals surface area contributed by atoms with Gasteiger partial charge in [-0.25, -0.2) is 0 Å². The normalized spacial score (nSPS) is 11.1. The zero-order valence-corrected chi connectivity index (χ0v) is 13.6. The Morgan fingerprint density at radius 2 is 2.04 bits per heavy atom. The smallest absolute Gasteiger partial charge is 0.246 e. The van der Waals surface area contributed by atoms with Crippen molar-refractivity contribution in [3.63, 3.8) is 0 Å². The highest BCUT2D eigenvalue weighted by Gasteiger charge is 2.17. The van der Waals surface area contributed by atoms with Gasteiger partial charge in [-0.05, 0) is 25.0 Å². The standard InChI is InChI=1S/C18H20N4O/c1-12(2)17-13(3)20-15-8-5-4-7-14(15)18(17)21-16(23)11-22-10-6-9-19-22/h4-10,12H,11H2,1-3H3,(H,20,21,23). The van der Waals surface area contributed by atoms with Crippen molar-refractivity contribution in [2.45, 2.75) is 33.2 Å². The number of benzene rings is 1. The second-order valence-electron chi connectivity index (χ2n) is 5.91. The van der Waals surface area contributed by atoms with Crippen molar-refractivity contribution in [2.24, 2.45) is 0 Å². The fourth-order valence-corrected chi connectivity index (χ4v) is 2.91. The molecule has 2 aromatic heterocycles. The number of amides is 1. The molecular weight excluding hydrogens is 288 g/mol. The van der Waals surface area contributed by atoms with E-state index in [1.165, 1.54) is 0 Å². The van der Waals surface area contributed by atoms with E-state index in [0.717, 1.165) is 27.8 Å². The molecule has 0 unspecified atom stereocenters. The number of para-hydroxylation sites is 1. The summed E-state index contributed by atoms with van der Waals surface area (Å²) < 4.78 is 1.61. The molecule has 0 aliphatic rings. The van der Waals surface area contributed by atoms with Gasteiger partial charge in [-0.1, -0.05) is 32.0 Å². The van der Waals surface area contributed by atoms with E-state index in [1.807, 2.05) is 31.2 Å². The number of carbonyl (C=O) groups is 1. The molecule has 0 aliphatic carbocycles. The number of rotatable bonds is 4. The highest BCUT2D eigenvalue weighted by Crippen LogP contribution is 2.33. The Kier molecular flexibility index (Phi) is 4.10. The number of pyridine rings is 1. The zero-order chi connectivity index (χ0) is 16.4. The molecule has 3 aromatic rings. The number of nitrogens with zero attached hydrogens (tertiary/aromatic N) is 3. The molecule has 0 radical (unpaired) electrons. The molecule has 3 rings (SSSR count). The van der Waals surface area contributed by atoms with Gasteiger partial charge in [0.25, 0.3) is 0 Å². The van der Waals surface area contributed by atoms with Gasteiger partial charge >= 0.3 is 0 Å². The molecule has 1 N–H and O–H groups in total. The number of aryl methyl sites for hydroxylation is 1. The Bertz CT molecular complexity index is 838. The first kappa shape index (κ1) is 15.2. The summed E-state index contributed by atoms with van der Waals surface area (Å²) in [7, 11) is 0. The monoisotopic (exact) mass is 308 g/mol. The fourth-order valence-electron chi connectivity index (χ4n) is 2.91. The molecule has 5 nitrogen and oxygen atoms in total. The average Bonchev–Trinajstić information content (AvgIpc) is 2.99. The molecule has 0 atom stereocenters. The summed E-state index contributed by atoms with van der Waals surface area (Å²) in [6.45, 7) is 6.41. The van der Waals surface area contributed by atoms with Crippen LogP contribution in [0.4, 0.5) is 5.69 Å². The summed E-state index contributed by atoms with van der Waals surface area (Å²) in [6, 6.07) is 9.69. The molecule has 0 spiro atoms. The van der Waals surface area contributed by atoms with Gasteiger partial charge in [-0.15, -0.1) is 0 Å². The van der Waals surface area contributed by atoms with E-state index in [2.05, 4.69) is 29.2 Å². The minimum absolute atomic E-state index is 0.0913. The molecule has 5 heteroatoms. The summed E-state index contributed by atoms with van der Waals surface area (Å²) in [4.78, 5) is 17.1. The molecule has 0 bridgehead atoms. The second kappa shape index (κ2) is 6.20. The van der Waals surface area contributed by atoms with Crippen LogP contribution >= 0.6 is 0 Å². The molecule has 2 heterocycles. The van der Waals surface area contributed by atoms with Crippen LogP contribution in [0.5, 0.6) is 0 Å². The minimum Gasteiger partial charge on any atom is -0.324 e. The van der Waals surface area contributed by atoms with Crippen LogP contribution in [0.15, 0.2) is 42.7 Å². The quantitative estimate of drug-likeness (QED) is 0.802. The van der Waals surface area contributed by atoms with E-state index in [0.29, 0.717) is 0 Å². The number of hydrogen-bond acceptors (Lipinski definition) is 3. The van der Waals surface area contributed by atoms with Gasteiger partial charge in [0, 0.05) is 29.0 Å². The van der Waals surface area contributed by atoms with Crippen molar-refractivity contribution in [2.75, 3.05) is 5.32 Å². The van der Waals surface area contributed by atoms with Gasteiger partial charge in [-0.2, -0.15) is 5.10 Å². The largest absolute Gasteiger partial charge is 0.324 e. The molecule has 118 valence electrons. The predicted octanol–water partition coefficient (Wildman–Crippen LogP) is 3.50. The summed E-state index contributed by atoms with van der Waals surface area (Å²) in [6.07, 6.45) is 3.44. The number of aromatic nitrogens is 3. The van der Waals surface area contributed by atoms with E-state index >= 15 is 0 Å². The molecule has 0 aliphatic heterocycles. The Hall–Kier alpha value is -2.69. The second-order valence-corrected chi connectivity index (χ2v) is 5.91. The Morgan fingerprint density at radius 1 is 1.26 bits per heavy atom. The van der Waals surface area contributed by atoms with Crippen LogP contribution in [0.2, 0.25) is 0 Å². The first-order valence-electron chi connectivity index (χ1n) is 7.72. The topological polar surface area (TPSA) is 59.8 Å². The van der Waals surface area contributed by atoms with Crippen LogP contribution in [0, 0.1) is 6.92 Å². The van der Waals surface area contributed by atoms with Gasteiger partial charge < -0.3 is 5.32 Å². The first-order chi connectivity index (χ1) is 11.1. The lowest BCUT2D eigenvalue weighted by Gasteiger charge is -2.18. The molecule has 23 heavy (non-hydrogen) atoms. The van der Waals surface area contributed by atoms with Crippen LogP contribution in [-0.4, -0.2) is 20.7 Å². The van der Waals surface area contributed by atoms with Gasteiger partial charge in [0.05, 0.1) is 11.2 Å². The van der Waals surface area contributed by atoms with Gasteiger partial charge in [0.1, 0.15) is 6.54 Å². The van der Waals surface area contributed by atoms with Crippen molar-refractivity contribution in [3.8, 4) is 0 Å². The highest BCUT2D eigenvalue weighted by molar-refractivity contribution is 6.02. The first-order valence-corrected chi connectivity index (χ1v) is 7.72. The van der Waals surface area contributed by atoms with Crippen LogP contribution < -0.4 is 5.32 Å². The Balaban J connectivity index is 2.03. The lowest BCUT2D eigenvalue weighted by molar-refractivity contribution is -0.116. The van der Waals surface area contributed by atoms with Crippen molar-refractivity contribution >= 4 is 22.5 Å². The van der Waals surface area contributed by atoms with Gasteiger partial charge in [0.2, 0.25) is 5.91 Å². The Morgan fingerprint density at radius 3 is 2.74 bits per heavy atom. The highest BCUT2D eigenvalue weighted by atomic mass is 16.2. The van der Waals surface area contributed by atoms with Crippen molar-refractivity contribution < 1.29 is 4.79 Å². The summed E-state index contributed by atoms with van der Waals surface area (Å²) in [5.74, 6) is 0.179. The number of anilines is 1. The minimum atomic E-state index is -0.0913. The number of fused-ring (bicyclic) bond motifs is 1. The SMILES string of the molecule is Cc1nc2ccccc2c(NC(=O)Cn2cccn2)c1C(C)C. The lowest BCUT2D eigenvalue weighted by atomic mass is 9.96. The summed E-state index contributed by atoms with van der Waals surface area (Å²) in [5.41, 5.74) is 3.79. The van der Waals surface area contributed by atoms with Crippen molar-refractivity contribution in [1.29, 1.82) is 0 Å². The molecular formula is C18H20N4O. The van der Waals surface area contributed by atoms with Crippen LogP contribution in [0.1, 0.15) is 31.0 Å². The van der Waals surface area contributed by atoms with Crippen LogP contribution in [0.3, 0.4) is 0 Å². The molecule has 1 amide bonds. The van der Waals surface area contributed by atoms with Crippen LogP contribution in [0.25, 0.3) is 10.9 Å². The third kappa shape index (κ3) is 3.08. The molecule has 0 fully saturated rings. The molecule has 0 saturated carbocycles. The third-order valence-electron chi connectivity index (χ3n) is 3.83. The van der Waals surface area contributed by atoms with Gasteiger partial charge in [0.15, 0.2) is 0 Å². The van der Waals surface area contributed by atoms with Gasteiger partial charge in [-0.3, -0.25) is 14.5 Å². The fraction of sp³-hybridized carbons (Fsp3) is 0.278. The third-order valence-corrected chi connectivity index (χ3v) is 3.83. The lowest BCUT2D eigenvalue weighted by Crippen LogP contribution is -2.20. The predicted molar refractivity (Wildman–Crippen MR) is 91.4 cm³/mol. The Labute approximate surface area is 135 Å². The van der Waals surface area contributed by atoms with E-state index in [-0.39, 0.29) is 18.4 Å². The zero-order valence-electron chi connectivity index (χ0n) is 13.6. The van der Waals surface area contributed by atoms with Crippen LogP contribution in [-0.2, 0) is 11.3 Å².